The van der Waals surface area contributed by atoms with Crippen LogP contribution in [0, 0.1) is 5.82 Å². The Hall–Kier alpha value is -0.660. The summed E-state index contributed by atoms with van der Waals surface area (Å²) >= 11 is 2.94. The number of benzene rings is 1. The lowest BCUT2D eigenvalue weighted by Gasteiger charge is -2.06. The van der Waals surface area contributed by atoms with Gasteiger partial charge in [-0.05, 0) is 35.0 Å². The van der Waals surface area contributed by atoms with Crippen LogP contribution in [0.25, 0.3) is 0 Å². The van der Waals surface area contributed by atoms with Gasteiger partial charge in [-0.1, -0.05) is 0 Å². The summed E-state index contributed by atoms with van der Waals surface area (Å²) in [5, 5.41) is 0. The summed E-state index contributed by atoms with van der Waals surface area (Å²) in [4.78, 5) is 10.7. The van der Waals surface area contributed by atoms with Crippen molar-refractivity contribution in [3.05, 3.63) is 28.0 Å². The number of halogens is 3. The van der Waals surface area contributed by atoms with Crippen LogP contribution in [0.15, 0.2) is 21.5 Å². The van der Waals surface area contributed by atoms with E-state index in [1.54, 1.807) is 6.92 Å². The SMILES string of the molecule is CCOC(=O)c1cc(S(=O)(=O)Cl)c(F)cc1Br. The lowest BCUT2D eigenvalue weighted by Crippen LogP contribution is -2.08. The molecule has 0 unspecified atom stereocenters. The van der Waals surface area contributed by atoms with Crippen molar-refractivity contribution in [1.29, 1.82) is 0 Å². The fourth-order valence-corrected chi connectivity index (χ4v) is 2.46. The first-order chi connectivity index (χ1) is 7.77. The molecule has 0 aromatic heterocycles. The van der Waals surface area contributed by atoms with Crippen LogP contribution in [0.4, 0.5) is 4.39 Å². The third-order valence-electron chi connectivity index (χ3n) is 1.78. The smallest absolute Gasteiger partial charge is 0.339 e. The number of ether oxygens (including phenoxy) is 1. The highest BCUT2D eigenvalue weighted by molar-refractivity contribution is 9.10. The Labute approximate surface area is 110 Å². The van der Waals surface area contributed by atoms with E-state index >= 15 is 0 Å². The van der Waals surface area contributed by atoms with Crippen LogP contribution in [-0.4, -0.2) is 21.0 Å². The maximum absolute atomic E-state index is 13.3. The number of rotatable bonds is 3. The number of hydrogen-bond acceptors (Lipinski definition) is 4. The van der Waals surface area contributed by atoms with Gasteiger partial charge >= 0.3 is 5.97 Å². The Bertz CT molecular complexity index is 558. The van der Waals surface area contributed by atoms with E-state index in [-0.39, 0.29) is 16.6 Å². The van der Waals surface area contributed by atoms with Crippen LogP contribution in [0.1, 0.15) is 17.3 Å². The van der Waals surface area contributed by atoms with Crippen molar-refractivity contribution >= 4 is 41.6 Å². The van der Waals surface area contributed by atoms with E-state index in [2.05, 4.69) is 20.7 Å². The first-order valence-electron chi connectivity index (χ1n) is 4.38. The Balaban J connectivity index is 3.39. The molecular formula is C9H7BrClFO4S. The molecule has 0 fully saturated rings. The van der Waals surface area contributed by atoms with Crippen LogP contribution in [-0.2, 0) is 13.8 Å². The fraction of sp³-hybridized carbons (Fsp3) is 0.222. The average Bonchev–Trinajstić information content (AvgIpc) is 2.15. The minimum Gasteiger partial charge on any atom is -0.462 e. The molecule has 94 valence electrons. The highest BCUT2D eigenvalue weighted by atomic mass is 79.9. The number of carbonyl (C=O) groups excluding carboxylic acids is 1. The number of hydrogen-bond donors (Lipinski definition) is 0. The van der Waals surface area contributed by atoms with E-state index in [9.17, 15) is 17.6 Å². The molecule has 0 amide bonds. The van der Waals surface area contributed by atoms with Crippen molar-refractivity contribution in [2.24, 2.45) is 0 Å². The lowest BCUT2D eigenvalue weighted by atomic mass is 10.2. The first kappa shape index (κ1) is 14.4. The normalized spacial score (nSPS) is 11.3. The summed E-state index contributed by atoms with van der Waals surface area (Å²) in [6.45, 7) is 1.71. The molecule has 0 aliphatic rings. The molecule has 0 spiro atoms. The van der Waals surface area contributed by atoms with E-state index in [0.29, 0.717) is 0 Å². The number of carbonyl (C=O) groups is 1. The van der Waals surface area contributed by atoms with Gasteiger partial charge in [-0.2, -0.15) is 0 Å². The fourth-order valence-electron chi connectivity index (χ4n) is 1.08. The van der Waals surface area contributed by atoms with Gasteiger partial charge in [0, 0.05) is 15.2 Å². The van der Waals surface area contributed by atoms with Gasteiger partial charge in [0.2, 0.25) is 0 Å². The predicted molar refractivity (Wildman–Crippen MR) is 63.1 cm³/mol. The molecule has 8 heteroatoms. The largest absolute Gasteiger partial charge is 0.462 e. The predicted octanol–water partition coefficient (Wildman–Crippen LogP) is 2.69. The Morgan fingerprint density at radius 1 is 1.53 bits per heavy atom. The minimum atomic E-state index is -4.25. The third kappa shape index (κ3) is 3.40. The average molecular weight is 346 g/mol. The summed E-state index contributed by atoms with van der Waals surface area (Å²) < 4.78 is 40.2. The standard InChI is InChI=1S/C9H7BrClFO4S/c1-2-16-9(13)5-3-8(17(11,14)15)7(12)4-6(5)10/h3-4H,2H2,1H3. The minimum absolute atomic E-state index is 0.0949. The number of esters is 1. The zero-order valence-electron chi connectivity index (χ0n) is 8.54. The molecule has 0 aliphatic heterocycles. The molecule has 0 aliphatic carbocycles. The van der Waals surface area contributed by atoms with Crippen LogP contribution in [0.2, 0.25) is 0 Å². The van der Waals surface area contributed by atoms with Gasteiger partial charge in [-0.25, -0.2) is 17.6 Å². The van der Waals surface area contributed by atoms with Gasteiger partial charge in [0.1, 0.15) is 10.7 Å². The summed E-state index contributed by atoms with van der Waals surface area (Å²) in [5.41, 5.74) is -0.104. The molecule has 1 rings (SSSR count). The molecule has 0 atom stereocenters. The second kappa shape index (κ2) is 5.32. The topological polar surface area (TPSA) is 60.4 Å². The molecule has 1 aromatic rings. The summed E-state index contributed by atoms with van der Waals surface area (Å²) in [6, 6.07) is 1.68. The molecule has 17 heavy (non-hydrogen) atoms. The zero-order chi connectivity index (χ0) is 13.2. The third-order valence-corrected chi connectivity index (χ3v) is 3.77. The van der Waals surface area contributed by atoms with Crippen molar-refractivity contribution in [2.75, 3.05) is 6.61 Å². The molecule has 0 saturated heterocycles. The van der Waals surface area contributed by atoms with Crippen LogP contribution in [0.5, 0.6) is 0 Å². The maximum atomic E-state index is 13.3. The highest BCUT2D eigenvalue weighted by Gasteiger charge is 2.22. The summed E-state index contributed by atoms with van der Waals surface area (Å²) in [5.74, 6) is -1.80. The Morgan fingerprint density at radius 3 is 2.59 bits per heavy atom. The molecule has 0 heterocycles. The van der Waals surface area contributed by atoms with Crippen molar-refractivity contribution in [3.63, 3.8) is 0 Å². The van der Waals surface area contributed by atoms with Crippen molar-refractivity contribution in [2.45, 2.75) is 11.8 Å². The van der Waals surface area contributed by atoms with E-state index < -0.39 is 25.7 Å². The highest BCUT2D eigenvalue weighted by Crippen LogP contribution is 2.27. The van der Waals surface area contributed by atoms with Gasteiger partial charge < -0.3 is 4.74 Å². The second-order valence-electron chi connectivity index (χ2n) is 2.92. The molecule has 0 radical (unpaired) electrons. The lowest BCUT2D eigenvalue weighted by molar-refractivity contribution is 0.0525. The summed E-state index contributed by atoms with van der Waals surface area (Å²) in [7, 11) is 0.782. The van der Waals surface area contributed by atoms with Gasteiger partial charge in [-0.3, -0.25) is 0 Å². The molecule has 0 saturated carbocycles. The quantitative estimate of drug-likeness (QED) is 0.624. The monoisotopic (exact) mass is 344 g/mol. The zero-order valence-corrected chi connectivity index (χ0v) is 11.7. The van der Waals surface area contributed by atoms with Gasteiger partial charge in [0.15, 0.2) is 0 Å². The first-order valence-corrected chi connectivity index (χ1v) is 7.48. The van der Waals surface area contributed by atoms with Crippen LogP contribution < -0.4 is 0 Å². The molecular weight excluding hydrogens is 339 g/mol. The second-order valence-corrected chi connectivity index (χ2v) is 6.31. The van der Waals surface area contributed by atoms with Crippen LogP contribution in [0.3, 0.4) is 0 Å². The molecule has 1 aromatic carbocycles. The molecule has 0 N–H and O–H groups in total. The molecule has 4 nitrogen and oxygen atoms in total. The Kier molecular flexibility index (Phi) is 4.51. The van der Waals surface area contributed by atoms with E-state index in [4.69, 9.17) is 10.7 Å². The molecule has 0 bridgehead atoms. The van der Waals surface area contributed by atoms with Crippen molar-refractivity contribution < 1.29 is 22.3 Å². The van der Waals surface area contributed by atoms with Crippen molar-refractivity contribution in [3.8, 4) is 0 Å². The van der Waals surface area contributed by atoms with Gasteiger partial charge in [-0.15, -0.1) is 0 Å². The van der Waals surface area contributed by atoms with E-state index in [1.165, 1.54) is 0 Å². The van der Waals surface area contributed by atoms with Crippen LogP contribution >= 0.6 is 26.6 Å². The maximum Gasteiger partial charge on any atom is 0.339 e. The van der Waals surface area contributed by atoms with Gasteiger partial charge in [0.25, 0.3) is 9.05 Å². The van der Waals surface area contributed by atoms with Gasteiger partial charge in [0.05, 0.1) is 12.2 Å². The Morgan fingerprint density at radius 2 is 2.12 bits per heavy atom. The van der Waals surface area contributed by atoms with Crippen molar-refractivity contribution in [1.82, 2.24) is 0 Å². The van der Waals surface area contributed by atoms with E-state index in [1.807, 2.05) is 0 Å². The van der Waals surface area contributed by atoms with E-state index in [0.717, 1.165) is 12.1 Å². The summed E-state index contributed by atoms with van der Waals surface area (Å²) in [6.07, 6.45) is 0.